The van der Waals surface area contributed by atoms with E-state index in [0.717, 1.165) is 11.3 Å². The molecule has 0 spiro atoms. The highest BCUT2D eigenvalue weighted by atomic mass is 35.5. The fraction of sp³-hybridized carbons (Fsp3) is 0.364. The molecule has 1 atom stereocenters. The van der Waals surface area contributed by atoms with Gasteiger partial charge in [-0.3, -0.25) is 4.79 Å². The molecule has 14 heavy (non-hydrogen) atoms. The van der Waals surface area contributed by atoms with Gasteiger partial charge in [0.15, 0.2) is 0 Å². The molecule has 0 radical (unpaired) electrons. The van der Waals surface area contributed by atoms with E-state index >= 15 is 0 Å². The molecule has 0 heterocycles. The molecule has 3 heteroatoms. The number of anilines is 1. The van der Waals surface area contributed by atoms with Crippen LogP contribution in [0.25, 0.3) is 0 Å². The summed E-state index contributed by atoms with van der Waals surface area (Å²) in [6, 6.07) is 5.79. The summed E-state index contributed by atoms with van der Waals surface area (Å²) >= 11 is 5.64. The first kappa shape index (κ1) is 11.1. The maximum absolute atomic E-state index is 11.3. The smallest absolute Gasteiger partial charge is 0.242 e. The van der Waals surface area contributed by atoms with E-state index in [4.69, 9.17) is 11.6 Å². The molecule has 0 saturated heterocycles. The van der Waals surface area contributed by atoms with E-state index in [1.165, 1.54) is 5.56 Å². The third-order valence-electron chi connectivity index (χ3n) is 2.14. The zero-order valence-electron chi connectivity index (χ0n) is 8.60. The first-order chi connectivity index (χ1) is 6.50. The summed E-state index contributed by atoms with van der Waals surface area (Å²) in [5, 5.41) is 2.24. The van der Waals surface area contributed by atoms with Gasteiger partial charge in [-0.15, -0.1) is 11.6 Å². The van der Waals surface area contributed by atoms with E-state index in [1.54, 1.807) is 6.92 Å². The number of benzene rings is 1. The summed E-state index contributed by atoms with van der Waals surface area (Å²) in [5.41, 5.74) is 3.16. The lowest BCUT2D eigenvalue weighted by Gasteiger charge is -2.08. The number of nitrogens with one attached hydrogen (secondary N) is 1. The molecule has 1 aromatic carbocycles. The van der Waals surface area contributed by atoms with Crippen molar-refractivity contribution >= 4 is 23.2 Å². The number of hydrogen-bond donors (Lipinski definition) is 1. The highest BCUT2D eigenvalue weighted by molar-refractivity contribution is 6.32. The summed E-state index contributed by atoms with van der Waals surface area (Å²) in [7, 11) is 0. The molecule has 1 rings (SSSR count). The summed E-state index contributed by atoms with van der Waals surface area (Å²) in [6.45, 7) is 5.69. The van der Waals surface area contributed by atoms with E-state index in [1.807, 2.05) is 32.0 Å². The van der Waals surface area contributed by atoms with Gasteiger partial charge in [0.2, 0.25) is 5.91 Å². The van der Waals surface area contributed by atoms with Gasteiger partial charge in [-0.25, -0.2) is 0 Å². The van der Waals surface area contributed by atoms with Gasteiger partial charge >= 0.3 is 0 Å². The van der Waals surface area contributed by atoms with E-state index in [2.05, 4.69) is 5.32 Å². The zero-order valence-corrected chi connectivity index (χ0v) is 9.35. The standard InChI is InChI=1S/C11H14ClNO/c1-7-4-5-10(6-8(7)2)13-11(14)9(3)12/h4-6,9H,1-3H3,(H,13,14)/t9-/m0/s1. The van der Waals surface area contributed by atoms with Gasteiger partial charge in [0, 0.05) is 5.69 Å². The second-order valence-electron chi connectivity index (χ2n) is 3.40. The average Bonchev–Trinajstić information content (AvgIpc) is 2.11. The maximum atomic E-state index is 11.3. The number of carbonyl (C=O) groups excluding carboxylic acids is 1. The normalized spacial score (nSPS) is 12.3. The molecule has 2 nitrogen and oxygen atoms in total. The Morgan fingerprint density at radius 1 is 1.36 bits per heavy atom. The number of rotatable bonds is 2. The van der Waals surface area contributed by atoms with Gasteiger partial charge in [-0.2, -0.15) is 0 Å². The second kappa shape index (κ2) is 4.47. The van der Waals surface area contributed by atoms with E-state index in [0.29, 0.717) is 0 Å². The van der Waals surface area contributed by atoms with Crippen molar-refractivity contribution < 1.29 is 4.79 Å². The fourth-order valence-electron chi connectivity index (χ4n) is 1.06. The van der Waals surface area contributed by atoms with Crippen molar-refractivity contribution in [2.75, 3.05) is 5.32 Å². The maximum Gasteiger partial charge on any atom is 0.242 e. The summed E-state index contributed by atoms with van der Waals surface area (Å²) < 4.78 is 0. The Morgan fingerprint density at radius 2 is 2.00 bits per heavy atom. The topological polar surface area (TPSA) is 29.1 Å². The van der Waals surface area contributed by atoms with E-state index < -0.39 is 5.38 Å². The Hall–Kier alpha value is -1.02. The van der Waals surface area contributed by atoms with Gasteiger partial charge in [-0.1, -0.05) is 6.07 Å². The van der Waals surface area contributed by atoms with Crippen LogP contribution in [0.4, 0.5) is 5.69 Å². The first-order valence-corrected chi connectivity index (χ1v) is 4.96. The predicted molar refractivity (Wildman–Crippen MR) is 59.9 cm³/mol. The van der Waals surface area contributed by atoms with Crippen LogP contribution in [0.15, 0.2) is 18.2 Å². The van der Waals surface area contributed by atoms with Crippen LogP contribution in [-0.4, -0.2) is 11.3 Å². The predicted octanol–water partition coefficient (Wildman–Crippen LogP) is 2.87. The van der Waals surface area contributed by atoms with Crippen molar-refractivity contribution in [2.24, 2.45) is 0 Å². The van der Waals surface area contributed by atoms with E-state index in [9.17, 15) is 4.79 Å². The Bertz CT molecular complexity index is 347. The van der Waals surface area contributed by atoms with Crippen molar-refractivity contribution in [1.82, 2.24) is 0 Å². The largest absolute Gasteiger partial charge is 0.325 e. The second-order valence-corrected chi connectivity index (χ2v) is 4.06. The molecule has 0 unspecified atom stereocenters. The minimum absolute atomic E-state index is 0.171. The third-order valence-corrected chi connectivity index (χ3v) is 2.33. The number of amides is 1. The lowest BCUT2D eigenvalue weighted by molar-refractivity contribution is -0.115. The molecule has 76 valence electrons. The van der Waals surface area contributed by atoms with Crippen LogP contribution in [0.2, 0.25) is 0 Å². The minimum atomic E-state index is -0.503. The number of halogens is 1. The first-order valence-electron chi connectivity index (χ1n) is 4.53. The van der Waals surface area contributed by atoms with Gasteiger partial charge < -0.3 is 5.32 Å². The highest BCUT2D eigenvalue weighted by Gasteiger charge is 2.08. The molecule has 1 aromatic rings. The monoisotopic (exact) mass is 211 g/mol. The van der Waals surface area contributed by atoms with Crippen LogP contribution in [0.5, 0.6) is 0 Å². The average molecular weight is 212 g/mol. The van der Waals surface area contributed by atoms with Crippen LogP contribution < -0.4 is 5.32 Å². The molecular formula is C11H14ClNO. The lowest BCUT2D eigenvalue weighted by atomic mass is 10.1. The number of hydrogen-bond acceptors (Lipinski definition) is 1. The Labute approximate surface area is 89.3 Å². The third kappa shape index (κ3) is 2.74. The van der Waals surface area contributed by atoms with Crippen molar-refractivity contribution in [3.05, 3.63) is 29.3 Å². The minimum Gasteiger partial charge on any atom is -0.325 e. The van der Waals surface area contributed by atoms with Gasteiger partial charge in [0.25, 0.3) is 0 Å². The van der Waals surface area contributed by atoms with Crippen molar-refractivity contribution in [3.63, 3.8) is 0 Å². The highest BCUT2D eigenvalue weighted by Crippen LogP contribution is 2.14. The number of aryl methyl sites for hydroxylation is 2. The van der Waals surface area contributed by atoms with Crippen molar-refractivity contribution in [3.8, 4) is 0 Å². The molecular weight excluding hydrogens is 198 g/mol. The van der Waals surface area contributed by atoms with Gasteiger partial charge in [0.05, 0.1) is 0 Å². The van der Waals surface area contributed by atoms with Gasteiger partial charge in [-0.05, 0) is 44.0 Å². The van der Waals surface area contributed by atoms with Crippen LogP contribution in [0, 0.1) is 13.8 Å². The van der Waals surface area contributed by atoms with Crippen LogP contribution in [0.3, 0.4) is 0 Å². The van der Waals surface area contributed by atoms with Crippen molar-refractivity contribution in [2.45, 2.75) is 26.1 Å². The molecule has 0 aliphatic carbocycles. The molecule has 0 saturated carbocycles. The molecule has 1 amide bonds. The molecule has 0 aliphatic rings. The number of alkyl halides is 1. The quantitative estimate of drug-likeness (QED) is 0.749. The Balaban J connectivity index is 2.78. The SMILES string of the molecule is Cc1ccc(NC(=O)[C@H](C)Cl)cc1C. The molecule has 1 N–H and O–H groups in total. The van der Waals surface area contributed by atoms with Crippen LogP contribution >= 0.6 is 11.6 Å². The Morgan fingerprint density at radius 3 is 2.50 bits per heavy atom. The molecule has 0 fully saturated rings. The van der Waals surface area contributed by atoms with Crippen molar-refractivity contribution in [1.29, 1.82) is 0 Å². The Kier molecular flexibility index (Phi) is 3.53. The fourth-order valence-corrected chi connectivity index (χ4v) is 1.12. The summed E-state index contributed by atoms with van der Waals surface area (Å²) in [6.07, 6.45) is 0. The molecule has 0 bridgehead atoms. The lowest BCUT2D eigenvalue weighted by Crippen LogP contribution is -2.20. The zero-order chi connectivity index (χ0) is 10.7. The molecule has 0 aromatic heterocycles. The van der Waals surface area contributed by atoms with Crippen LogP contribution in [-0.2, 0) is 4.79 Å². The molecule has 0 aliphatic heterocycles. The van der Waals surface area contributed by atoms with E-state index in [-0.39, 0.29) is 5.91 Å². The van der Waals surface area contributed by atoms with Crippen LogP contribution in [0.1, 0.15) is 18.1 Å². The van der Waals surface area contributed by atoms with Gasteiger partial charge in [0.1, 0.15) is 5.38 Å². The number of carbonyl (C=O) groups is 1. The summed E-state index contributed by atoms with van der Waals surface area (Å²) in [5.74, 6) is -0.171. The summed E-state index contributed by atoms with van der Waals surface area (Å²) in [4.78, 5) is 11.3.